The fourth-order valence-electron chi connectivity index (χ4n) is 2.68. The molecular weight excluding hydrogens is 274 g/mol. The molecule has 6 heteroatoms. The van der Waals surface area contributed by atoms with Crippen LogP contribution in [0.3, 0.4) is 0 Å². The summed E-state index contributed by atoms with van der Waals surface area (Å²) in [5.74, 6) is -0.160. The fraction of sp³-hybridized carbons (Fsp3) is 0.643. The van der Waals surface area contributed by atoms with Gasteiger partial charge in [0, 0.05) is 17.1 Å². The van der Waals surface area contributed by atoms with Crippen LogP contribution in [-0.4, -0.2) is 40.4 Å². The summed E-state index contributed by atoms with van der Waals surface area (Å²) >= 11 is 1.65. The third-order valence-corrected chi connectivity index (χ3v) is 4.75. The van der Waals surface area contributed by atoms with E-state index in [1.165, 1.54) is 7.11 Å². The summed E-state index contributed by atoms with van der Waals surface area (Å²) in [7, 11) is 1.45. The van der Waals surface area contributed by atoms with Gasteiger partial charge in [-0.1, -0.05) is 18.7 Å². The van der Waals surface area contributed by atoms with Gasteiger partial charge in [-0.3, -0.25) is 4.79 Å². The van der Waals surface area contributed by atoms with Gasteiger partial charge in [0.15, 0.2) is 5.16 Å². The number of likely N-dealkylation sites (N-methyl/N-ethyl adjacent to an activating group) is 1. The van der Waals surface area contributed by atoms with Crippen LogP contribution in [0, 0.1) is 6.92 Å². The topological polar surface area (TPSA) is 64.1 Å². The Hall–Kier alpha value is -1.14. The number of carbonyl (C=O) groups is 1. The van der Waals surface area contributed by atoms with Crippen LogP contribution in [0.4, 0.5) is 0 Å². The second-order valence-electron chi connectivity index (χ2n) is 5.07. The number of aryl methyl sites for hydroxylation is 1. The monoisotopic (exact) mass is 295 g/mol. The highest BCUT2D eigenvalue weighted by Gasteiger charge is 2.46. The maximum Gasteiger partial charge on any atom is 0.326 e. The Morgan fingerprint density at radius 3 is 3.10 bits per heavy atom. The number of methoxy groups -OCH3 is 1. The predicted octanol–water partition coefficient (Wildman–Crippen LogP) is 1.95. The first kappa shape index (κ1) is 15.3. The van der Waals surface area contributed by atoms with E-state index in [0.29, 0.717) is 5.25 Å². The number of carbonyl (C=O) groups excluding carboxylic acids is 1. The normalized spacial score (nSPS) is 25.6. The molecule has 2 unspecified atom stereocenters. The molecule has 1 aliphatic rings. The van der Waals surface area contributed by atoms with Crippen molar-refractivity contribution in [2.45, 2.75) is 49.1 Å². The van der Waals surface area contributed by atoms with Gasteiger partial charge in [-0.25, -0.2) is 9.97 Å². The first-order chi connectivity index (χ1) is 9.59. The van der Waals surface area contributed by atoms with Gasteiger partial charge in [0.25, 0.3) is 0 Å². The van der Waals surface area contributed by atoms with E-state index >= 15 is 0 Å². The summed E-state index contributed by atoms with van der Waals surface area (Å²) in [6, 6.07) is 1.89. The lowest BCUT2D eigenvalue weighted by Gasteiger charge is -2.27. The molecule has 5 nitrogen and oxygen atoms in total. The summed E-state index contributed by atoms with van der Waals surface area (Å²) in [6.45, 7) is 4.72. The SMILES string of the molecule is CCNC1(C(=O)OC)CCC(Sc2nccc(C)n2)C1. The highest BCUT2D eigenvalue weighted by Crippen LogP contribution is 2.39. The molecule has 1 saturated carbocycles. The van der Waals surface area contributed by atoms with Gasteiger partial charge in [0.1, 0.15) is 5.54 Å². The quantitative estimate of drug-likeness (QED) is 0.661. The number of ether oxygens (including phenoxy) is 1. The molecule has 1 aliphatic carbocycles. The third kappa shape index (κ3) is 3.30. The maximum absolute atomic E-state index is 12.1. The zero-order chi connectivity index (χ0) is 14.6. The number of nitrogens with one attached hydrogen (secondary N) is 1. The summed E-state index contributed by atoms with van der Waals surface area (Å²) < 4.78 is 4.97. The second-order valence-corrected chi connectivity index (χ2v) is 6.33. The van der Waals surface area contributed by atoms with Crippen molar-refractivity contribution >= 4 is 17.7 Å². The predicted molar refractivity (Wildman–Crippen MR) is 78.7 cm³/mol. The minimum Gasteiger partial charge on any atom is -0.468 e. The van der Waals surface area contributed by atoms with Gasteiger partial charge >= 0.3 is 5.97 Å². The molecule has 1 aromatic heterocycles. The van der Waals surface area contributed by atoms with E-state index in [0.717, 1.165) is 36.7 Å². The molecule has 2 rings (SSSR count). The summed E-state index contributed by atoms with van der Waals surface area (Å²) in [5, 5.41) is 4.43. The lowest BCUT2D eigenvalue weighted by Crippen LogP contribution is -2.50. The molecule has 1 N–H and O–H groups in total. The van der Waals surface area contributed by atoms with Crippen molar-refractivity contribution in [3.63, 3.8) is 0 Å². The molecule has 1 fully saturated rings. The molecule has 0 spiro atoms. The first-order valence-corrected chi connectivity index (χ1v) is 7.77. The number of esters is 1. The molecule has 0 bridgehead atoms. The van der Waals surface area contributed by atoms with Crippen molar-refractivity contribution in [3.05, 3.63) is 18.0 Å². The van der Waals surface area contributed by atoms with Crippen LogP contribution in [0.5, 0.6) is 0 Å². The largest absolute Gasteiger partial charge is 0.468 e. The van der Waals surface area contributed by atoms with Gasteiger partial charge < -0.3 is 10.1 Å². The van der Waals surface area contributed by atoms with E-state index in [4.69, 9.17) is 4.74 Å². The molecule has 0 saturated heterocycles. The van der Waals surface area contributed by atoms with Gasteiger partial charge in [0.05, 0.1) is 7.11 Å². The Morgan fingerprint density at radius 1 is 1.65 bits per heavy atom. The van der Waals surface area contributed by atoms with Crippen LogP contribution in [0.15, 0.2) is 17.4 Å². The molecule has 1 heterocycles. The molecular formula is C14H21N3O2S. The number of rotatable bonds is 5. The first-order valence-electron chi connectivity index (χ1n) is 6.89. The van der Waals surface area contributed by atoms with E-state index in [9.17, 15) is 4.79 Å². The van der Waals surface area contributed by atoms with E-state index in [2.05, 4.69) is 15.3 Å². The lowest BCUT2D eigenvalue weighted by atomic mass is 9.98. The standard InChI is InChI=1S/C14H21N3O2S/c1-4-16-14(12(18)19-3)7-5-11(9-14)20-13-15-8-6-10(2)17-13/h6,8,11,16H,4-5,7,9H2,1-3H3. The fourth-order valence-corrected chi connectivity index (χ4v) is 3.90. The van der Waals surface area contributed by atoms with Crippen LogP contribution in [0.25, 0.3) is 0 Å². The average molecular weight is 295 g/mol. The number of nitrogens with zero attached hydrogens (tertiary/aromatic N) is 2. The molecule has 0 aliphatic heterocycles. The van der Waals surface area contributed by atoms with Crippen molar-refractivity contribution in [2.75, 3.05) is 13.7 Å². The number of hydrogen-bond acceptors (Lipinski definition) is 6. The summed E-state index contributed by atoms with van der Waals surface area (Å²) in [4.78, 5) is 20.7. The van der Waals surface area contributed by atoms with Crippen LogP contribution < -0.4 is 5.32 Å². The van der Waals surface area contributed by atoms with E-state index < -0.39 is 5.54 Å². The van der Waals surface area contributed by atoms with Gasteiger partial charge in [0.2, 0.25) is 0 Å². The van der Waals surface area contributed by atoms with Gasteiger partial charge in [-0.05, 0) is 38.8 Å². The van der Waals surface area contributed by atoms with E-state index in [1.807, 2.05) is 19.9 Å². The maximum atomic E-state index is 12.1. The van der Waals surface area contributed by atoms with Crippen LogP contribution in [-0.2, 0) is 9.53 Å². The minimum absolute atomic E-state index is 0.160. The molecule has 2 atom stereocenters. The lowest BCUT2D eigenvalue weighted by molar-refractivity contribution is -0.148. The highest BCUT2D eigenvalue weighted by atomic mass is 32.2. The van der Waals surface area contributed by atoms with Crippen molar-refractivity contribution < 1.29 is 9.53 Å². The van der Waals surface area contributed by atoms with Crippen molar-refractivity contribution in [1.29, 1.82) is 0 Å². The molecule has 0 aromatic carbocycles. The summed E-state index contributed by atoms with van der Waals surface area (Å²) in [6.07, 6.45) is 4.30. The Kier molecular flexibility index (Phi) is 4.99. The van der Waals surface area contributed by atoms with E-state index in [-0.39, 0.29) is 5.97 Å². The van der Waals surface area contributed by atoms with Crippen LogP contribution in [0.1, 0.15) is 31.9 Å². The van der Waals surface area contributed by atoms with E-state index in [1.54, 1.807) is 18.0 Å². The third-order valence-electron chi connectivity index (χ3n) is 3.61. The number of hydrogen-bond donors (Lipinski definition) is 1. The van der Waals surface area contributed by atoms with Crippen molar-refractivity contribution in [1.82, 2.24) is 15.3 Å². The van der Waals surface area contributed by atoms with Crippen molar-refractivity contribution in [2.24, 2.45) is 0 Å². The second kappa shape index (κ2) is 6.54. The zero-order valence-corrected chi connectivity index (χ0v) is 13.0. The minimum atomic E-state index is -0.537. The molecule has 0 amide bonds. The van der Waals surface area contributed by atoms with Crippen molar-refractivity contribution in [3.8, 4) is 0 Å². The Bertz CT molecular complexity index is 483. The van der Waals surface area contributed by atoms with Crippen LogP contribution >= 0.6 is 11.8 Å². The number of thioether (sulfide) groups is 1. The highest BCUT2D eigenvalue weighted by molar-refractivity contribution is 7.99. The smallest absolute Gasteiger partial charge is 0.326 e. The Morgan fingerprint density at radius 2 is 2.45 bits per heavy atom. The zero-order valence-electron chi connectivity index (χ0n) is 12.2. The van der Waals surface area contributed by atoms with Gasteiger partial charge in [-0.15, -0.1) is 0 Å². The molecule has 20 heavy (non-hydrogen) atoms. The molecule has 110 valence electrons. The average Bonchev–Trinajstić information content (AvgIpc) is 2.82. The number of aromatic nitrogens is 2. The molecule has 0 radical (unpaired) electrons. The van der Waals surface area contributed by atoms with Crippen LogP contribution in [0.2, 0.25) is 0 Å². The Balaban J connectivity index is 2.05. The summed E-state index contributed by atoms with van der Waals surface area (Å²) in [5.41, 5.74) is 0.428. The molecule has 1 aromatic rings. The van der Waals surface area contributed by atoms with Gasteiger partial charge in [-0.2, -0.15) is 0 Å². The Labute approximate surface area is 123 Å².